The molecule has 0 aliphatic carbocycles. The number of halogens is 1. The van der Waals surface area contributed by atoms with Crippen molar-refractivity contribution in [3.8, 4) is 0 Å². The van der Waals surface area contributed by atoms with E-state index in [1.54, 1.807) is 31.2 Å². The van der Waals surface area contributed by atoms with E-state index in [1.165, 1.54) is 15.7 Å². The Bertz CT molecular complexity index is 946. The molecule has 0 fully saturated rings. The van der Waals surface area contributed by atoms with Gasteiger partial charge in [0.05, 0.1) is 16.3 Å². The minimum Gasteiger partial charge on any atom is -0.316 e. The van der Waals surface area contributed by atoms with Gasteiger partial charge < -0.3 is 5.32 Å². The van der Waals surface area contributed by atoms with Gasteiger partial charge in [-0.25, -0.2) is 4.98 Å². The zero-order valence-electron chi connectivity index (χ0n) is 11.9. The Morgan fingerprint density at radius 2 is 2.05 bits per heavy atom. The zero-order chi connectivity index (χ0) is 15.9. The number of carbonyl (C=O) groups is 1. The maximum absolute atomic E-state index is 12.6. The Kier molecular flexibility index (Phi) is 3.72. The molecule has 3 rings (SSSR count). The minimum absolute atomic E-state index is 0.170. The van der Waals surface area contributed by atoms with Crippen molar-refractivity contribution in [2.75, 3.05) is 5.32 Å². The molecule has 0 spiro atoms. The third-order valence-electron chi connectivity index (χ3n) is 3.28. The van der Waals surface area contributed by atoms with Crippen molar-refractivity contribution >= 4 is 39.5 Å². The summed E-state index contributed by atoms with van der Waals surface area (Å²) in [6.07, 6.45) is 0. The Labute approximate surface area is 135 Å². The number of carbonyl (C=O) groups excluding carboxylic acids is 1. The number of rotatable bonds is 2. The number of aromatic nitrogens is 2. The second-order valence-electron chi connectivity index (χ2n) is 4.81. The summed E-state index contributed by atoms with van der Waals surface area (Å²) in [7, 11) is 0. The Morgan fingerprint density at radius 1 is 1.32 bits per heavy atom. The van der Waals surface area contributed by atoms with E-state index < -0.39 is 5.91 Å². The van der Waals surface area contributed by atoms with Crippen LogP contribution < -0.4 is 10.9 Å². The van der Waals surface area contributed by atoms with Gasteiger partial charge in [0, 0.05) is 11.1 Å². The van der Waals surface area contributed by atoms with Crippen molar-refractivity contribution in [1.82, 2.24) is 9.38 Å². The second-order valence-corrected chi connectivity index (χ2v) is 6.05. The van der Waals surface area contributed by atoms with Crippen molar-refractivity contribution in [3.63, 3.8) is 0 Å². The first kappa shape index (κ1) is 14.7. The van der Waals surface area contributed by atoms with Gasteiger partial charge in [-0.05, 0) is 26.0 Å². The van der Waals surface area contributed by atoms with Gasteiger partial charge in [-0.1, -0.05) is 23.7 Å². The Hall–Kier alpha value is -2.18. The molecule has 7 heteroatoms. The van der Waals surface area contributed by atoms with E-state index in [0.29, 0.717) is 21.2 Å². The van der Waals surface area contributed by atoms with Crippen LogP contribution in [0.25, 0.3) is 4.96 Å². The number of amides is 1. The molecular formula is C15H12ClN3O2S. The van der Waals surface area contributed by atoms with Gasteiger partial charge in [-0.3, -0.25) is 14.0 Å². The summed E-state index contributed by atoms with van der Waals surface area (Å²) < 4.78 is 1.49. The first-order valence-electron chi connectivity index (χ1n) is 6.52. The fraction of sp³-hybridized carbons (Fsp3) is 0.133. The maximum Gasteiger partial charge on any atom is 0.282 e. The molecule has 112 valence electrons. The molecule has 0 aliphatic rings. The fourth-order valence-corrected chi connectivity index (χ4v) is 3.28. The first-order valence-corrected chi connectivity index (χ1v) is 7.78. The highest BCUT2D eigenvalue weighted by Crippen LogP contribution is 2.19. The number of fused-ring (bicyclic) bond motifs is 1. The van der Waals surface area contributed by atoms with E-state index >= 15 is 0 Å². The summed E-state index contributed by atoms with van der Waals surface area (Å²) in [5, 5.41) is 4.81. The van der Waals surface area contributed by atoms with E-state index in [4.69, 9.17) is 11.6 Å². The lowest BCUT2D eigenvalue weighted by Crippen LogP contribution is -2.25. The molecule has 0 saturated heterocycles. The molecule has 2 aromatic heterocycles. The summed E-state index contributed by atoms with van der Waals surface area (Å²) in [5.41, 5.74) is 1.46. The smallest absolute Gasteiger partial charge is 0.282 e. The maximum atomic E-state index is 12.6. The molecule has 3 aromatic rings. The summed E-state index contributed by atoms with van der Waals surface area (Å²) in [5.74, 6) is -0.430. The van der Waals surface area contributed by atoms with Crippen LogP contribution in [0.1, 0.15) is 21.7 Å². The highest BCUT2D eigenvalue weighted by atomic mass is 35.5. The van der Waals surface area contributed by atoms with Crippen LogP contribution in [0.15, 0.2) is 34.4 Å². The number of nitrogens with one attached hydrogen (secondary N) is 1. The van der Waals surface area contributed by atoms with Gasteiger partial charge in [-0.15, -0.1) is 11.3 Å². The van der Waals surface area contributed by atoms with Gasteiger partial charge in [0.1, 0.15) is 5.69 Å². The van der Waals surface area contributed by atoms with Gasteiger partial charge >= 0.3 is 0 Å². The molecule has 0 saturated carbocycles. The van der Waals surface area contributed by atoms with E-state index in [0.717, 1.165) is 5.69 Å². The molecule has 0 aliphatic heterocycles. The number of thiazole rings is 1. The molecule has 0 radical (unpaired) electrons. The molecule has 0 bridgehead atoms. The largest absolute Gasteiger partial charge is 0.316 e. The molecular weight excluding hydrogens is 322 g/mol. The number of hydrogen-bond acceptors (Lipinski definition) is 4. The van der Waals surface area contributed by atoms with Crippen LogP contribution in [0.3, 0.4) is 0 Å². The van der Waals surface area contributed by atoms with Crippen LogP contribution in [0.5, 0.6) is 0 Å². The van der Waals surface area contributed by atoms with Crippen molar-refractivity contribution in [2.24, 2.45) is 0 Å². The predicted molar refractivity (Wildman–Crippen MR) is 88.2 cm³/mol. The third-order valence-corrected chi connectivity index (χ3v) is 4.55. The molecule has 1 aromatic carbocycles. The van der Waals surface area contributed by atoms with Crippen molar-refractivity contribution in [3.05, 3.63) is 62.0 Å². The quantitative estimate of drug-likeness (QED) is 0.782. The van der Waals surface area contributed by atoms with Gasteiger partial charge in [0.25, 0.3) is 11.5 Å². The molecule has 1 amide bonds. The van der Waals surface area contributed by atoms with Crippen molar-refractivity contribution in [1.29, 1.82) is 0 Å². The van der Waals surface area contributed by atoms with Crippen LogP contribution in [-0.2, 0) is 0 Å². The van der Waals surface area contributed by atoms with E-state index in [9.17, 15) is 9.59 Å². The van der Waals surface area contributed by atoms with Crippen molar-refractivity contribution < 1.29 is 4.79 Å². The lowest BCUT2D eigenvalue weighted by atomic mass is 10.2. The molecule has 1 N–H and O–H groups in total. The SMILES string of the molecule is Cc1nc2scc(C)n2c(=O)c1NC(=O)c1ccccc1Cl. The lowest BCUT2D eigenvalue weighted by molar-refractivity contribution is 0.102. The molecule has 22 heavy (non-hydrogen) atoms. The summed E-state index contributed by atoms with van der Waals surface area (Å²) >= 11 is 7.40. The average Bonchev–Trinajstić information content (AvgIpc) is 2.84. The minimum atomic E-state index is -0.430. The van der Waals surface area contributed by atoms with Crippen LogP contribution in [-0.4, -0.2) is 15.3 Å². The average molecular weight is 334 g/mol. The van der Waals surface area contributed by atoms with Crippen LogP contribution in [0.2, 0.25) is 5.02 Å². The molecule has 2 heterocycles. The molecule has 5 nitrogen and oxygen atoms in total. The highest BCUT2D eigenvalue weighted by molar-refractivity contribution is 7.15. The van der Waals surface area contributed by atoms with Crippen LogP contribution in [0, 0.1) is 13.8 Å². The Morgan fingerprint density at radius 3 is 2.77 bits per heavy atom. The van der Waals surface area contributed by atoms with Gasteiger partial charge in [-0.2, -0.15) is 0 Å². The van der Waals surface area contributed by atoms with Crippen LogP contribution in [0.4, 0.5) is 5.69 Å². The third kappa shape index (κ3) is 2.40. The normalized spacial score (nSPS) is 10.9. The summed E-state index contributed by atoms with van der Waals surface area (Å²) in [4.78, 5) is 29.9. The fourth-order valence-electron chi connectivity index (χ4n) is 2.15. The summed E-state index contributed by atoms with van der Waals surface area (Å²) in [6.45, 7) is 3.51. The van der Waals surface area contributed by atoms with E-state index in [-0.39, 0.29) is 11.2 Å². The Balaban J connectivity index is 2.08. The van der Waals surface area contributed by atoms with E-state index in [2.05, 4.69) is 10.3 Å². The highest BCUT2D eigenvalue weighted by Gasteiger charge is 2.17. The number of hydrogen-bond donors (Lipinski definition) is 1. The predicted octanol–water partition coefficient (Wildman–Crippen LogP) is 3.28. The van der Waals surface area contributed by atoms with Gasteiger partial charge in [0.15, 0.2) is 4.96 Å². The topological polar surface area (TPSA) is 63.5 Å². The van der Waals surface area contributed by atoms with Crippen LogP contribution >= 0.6 is 22.9 Å². The zero-order valence-corrected chi connectivity index (χ0v) is 13.5. The van der Waals surface area contributed by atoms with Gasteiger partial charge in [0.2, 0.25) is 0 Å². The number of benzene rings is 1. The molecule has 0 unspecified atom stereocenters. The molecule has 0 atom stereocenters. The number of anilines is 1. The standard InChI is InChI=1S/C15H12ClN3O2S/c1-8-7-22-15-17-9(2)12(14(21)19(8)15)18-13(20)10-5-3-4-6-11(10)16/h3-7H,1-2H3,(H,18,20). The second kappa shape index (κ2) is 5.55. The van der Waals surface area contributed by atoms with E-state index in [1.807, 2.05) is 12.3 Å². The summed E-state index contributed by atoms with van der Waals surface area (Å²) in [6, 6.07) is 6.68. The monoisotopic (exact) mass is 333 g/mol. The lowest BCUT2D eigenvalue weighted by Gasteiger charge is -2.09. The number of aryl methyl sites for hydroxylation is 2. The number of nitrogens with zero attached hydrogens (tertiary/aromatic N) is 2. The van der Waals surface area contributed by atoms with Crippen molar-refractivity contribution in [2.45, 2.75) is 13.8 Å². The first-order chi connectivity index (χ1) is 10.5.